The van der Waals surface area contributed by atoms with Gasteiger partial charge in [0.05, 0.1) is 14.2 Å². The Morgan fingerprint density at radius 3 is 2.62 bits per heavy atom. The Bertz CT molecular complexity index is 700. The van der Waals surface area contributed by atoms with Crippen LogP contribution < -0.4 is 15.2 Å². The predicted molar refractivity (Wildman–Crippen MR) is 97.7 cm³/mol. The summed E-state index contributed by atoms with van der Waals surface area (Å²) in [7, 11) is 3.32. The van der Waals surface area contributed by atoms with Crippen LogP contribution in [0, 0.1) is 0 Å². The van der Waals surface area contributed by atoms with Crippen LogP contribution in [0.25, 0.3) is 0 Å². The van der Waals surface area contributed by atoms with E-state index in [2.05, 4.69) is 29.2 Å². The first-order valence-electron chi connectivity index (χ1n) is 8.50. The minimum atomic E-state index is 0.708. The van der Waals surface area contributed by atoms with E-state index >= 15 is 0 Å². The fourth-order valence-electron chi connectivity index (χ4n) is 3.49. The maximum Gasteiger partial charge on any atom is 0.164 e. The Morgan fingerprint density at radius 1 is 1.08 bits per heavy atom. The molecule has 0 bridgehead atoms. The molecule has 3 rings (SSSR count). The van der Waals surface area contributed by atoms with Gasteiger partial charge in [-0.3, -0.25) is 4.90 Å². The topological polar surface area (TPSA) is 47.7 Å². The summed E-state index contributed by atoms with van der Waals surface area (Å²) in [6, 6.07) is 12.6. The van der Waals surface area contributed by atoms with Gasteiger partial charge in [-0.05, 0) is 43.0 Å². The third kappa shape index (κ3) is 3.65. The highest BCUT2D eigenvalue weighted by molar-refractivity contribution is 5.57. The molecule has 1 aliphatic rings. The van der Waals surface area contributed by atoms with Crippen molar-refractivity contribution in [3.05, 3.63) is 53.1 Å². The molecule has 0 unspecified atom stereocenters. The third-order valence-electron chi connectivity index (χ3n) is 4.71. The van der Waals surface area contributed by atoms with Crippen LogP contribution in [0.1, 0.15) is 23.1 Å². The van der Waals surface area contributed by atoms with Crippen LogP contribution in [0.15, 0.2) is 36.4 Å². The lowest BCUT2D eigenvalue weighted by atomic mass is 9.99. The number of nitrogens with two attached hydrogens (primary N) is 1. The van der Waals surface area contributed by atoms with Gasteiger partial charge in [0.2, 0.25) is 0 Å². The zero-order chi connectivity index (χ0) is 16.9. The molecule has 2 aromatic rings. The van der Waals surface area contributed by atoms with E-state index in [4.69, 9.17) is 15.2 Å². The Hall–Kier alpha value is -2.20. The molecule has 1 heterocycles. The molecule has 2 aromatic carbocycles. The van der Waals surface area contributed by atoms with Gasteiger partial charge < -0.3 is 15.2 Å². The summed E-state index contributed by atoms with van der Waals surface area (Å²) >= 11 is 0. The Balaban J connectivity index is 1.60. The van der Waals surface area contributed by atoms with Crippen molar-refractivity contribution in [1.82, 2.24) is 4.90 Å². The van der Waals surface area contributed by atoms with Crippen LogP contribution in [0.4, 0.5) is 5.69 Å². The first-order chi connectivity index (χ1) is 11.7. The van der Waals surface area contributed by atoms with Gasteiger partial charge in [0.1, 0.15) is 0 Å². The smallest absolute Gasteiger partial charge is 0.164 e. The number of hydrogen-bond acceptors (Lipinski definition) is 4. The molecule has 0 amide bonds. The van der Waals surface area contributed by atoms with Crippen LogP contribution >= 0.6 is 0 Å². The van der Waals surface area contributed by atoms with Gasteiger partial charge in [0.15, 0.2) is 11.5 Å². The zero-order valence-corrected chi connectivity index (χ0v) is 14.5. The van der Waals surface area contributed by atoms with E-state index in [9.17, 15) is 0 Å². The SMILES string of the molecule is COc1cc(N)cc(CCCN2CCc3ccccc3C2)c1OC. The zero-order valence-electron chi connectivity index (χ0n) is 14.5. The van der Waals surface area contributed by atoms with Gasteiger partial charge in [-0.25, -0.2) is 0 Å². The second-order valence-corrected chi connectivity index (χ2v) is 6.31. The van der Waals surface area contributed by atoms with E-state index < -0.39 is 0 Å². The summed E-state index contributed by atoms with van der Waals surface area (Å²) in [4.78, 5) is 2.53. The highest BCUT2D eigenvalue weighted by Gasteiger charge is 2.16. The average molecular weight is 326 g/mol. The summed E-state index contributed by atoms with van der Waals surface area (Å²) in [5, 5.41) is 0. The molecule has 0 saturated carbocycles. The molecular weight excluding hydrogens is 300 g/mol. The maximum absolute atomic E-state index is 5.98. The van der Waals surface area contributed by atoms with Crippen LogP contribution in [0.3, 0.4) is 0 Å². The fraction of sp³-hybridized carbons (Fsp3) is 0.400. The lowest BCUT2D eigenvalue weighted by Crippen LogP contribution is -2.31. The molecule has 2 N–H and O–H groups in total. The van der Waals surface area contributed by atoms with Crippen molar-refractivity contribution in [2.45, 2.75) is 25.8 Å². The molecule has 24 heavy (non-hydrogen) atoms. The van der Waals surface area contributed by atoms with Crippen molar-refractivity contribution in [1.29, 1.82) is 0 Å². The molecule has 0 aliphatic carbocycles. The number of fused-ring (bicyclic) bond motifs is 1. The van der Waals surface area contributed by atoms with Crippen molar-refractivity contribution in [2.75, 3.05) is 33.0 Å². The van der Waals surface area contributed by atoms with E-state index in [0.717, 1.165) is 55.9 Å². The monoisotopic (exact) mass is 326 g/mol. The molecular formula is C20H26N2O2. The van der Waals surface area contributed by atoms with Crippen LogP contribution in [-0.4, -0.2) is 32.2 Å². The summed E-state index contributed by atoms with van der Waals surface area (Å²) in [5.74, 6) is 1.51. The number of benzene rings is 2. The van der Waals surface area contributed by atoms with Crippen LogP contribution in [0.2, 0.25) is 0 Å². The Labute approximate surface area is 144 Å². The summed E-state index contributed by atoms with van der Waals surface area (Å²) in [6.45, 7) is 3.26. The van der Waals surface area contributed by atoms with E-state index in [1.54, 1.807) is 14.2 Å². The van der Waals surface area contributed by atoms with Crippen LogP contribution in [0.5, 0.6) is 11.5 Å². The summed E-state index contributed by atoms with van der Waals surface area (Å²) in [6.07, 6.45) is 3.15. The molecule has 128 valence electrons. The van der Waals surface area contributed by atoms with Crippen molar-refractivity contribution in [3.8, 4) is 11.5 Å². The quantitative estimate of drug-likeness (QED) is 0.828. The van der Waals surface area contributed by atoms with Gasteiger partial charge in [0, 0.05) is 30.4 Å². The molecule has 0 aromatic heterocycles. The Kier molecular flexibility index (Phi) is 5.26. The lowest BCUT2D eigenvalue weighted by Gasteiger charge is -2.28. The number of aryl methyl sites for hydroxylation is 1. The van der Waals surface area contributed by atoms with Crippen molar-refractivity contribution in [2.24, 2.45) is 0 Å². The number of anilines is 1. The average Bonchev–Trinajstić information content (AvgIpc) is 2.61. The van der Waals surface area contributed by atoms with E-state index in [-0.39, 0.29) is 0 Å². The highest BCUT2D eigenvalue weighted by atomic mass is 16.5. The lowest BCUT2D eigenvalue weighted by molar-refractivity contribution is 0.250. The largest absolute Gasteiger partial charge is 0.493 e. The Morgan fingerprint density at radius 2 is 1.88 bits per heavy atom. The van der Waals surface area contributed by atoms with Gasteiger partial charge in [-0.15, -0.1) is 0 Å². The standard InChI is InChI=1S/C20H26N2O2/c1-23-19-13-18(21)12-16(20(19)24-2)8-5-10-22-11-9-15-6-3-4-7-17(15)14-22/h3-4,6-7,12-13H,5,8-11,14,21H2,1-2H3. The number of hydrogen-bond donors (Lipinski definition) is 1. The number of ether oxygens (including phenoxy) is 2. The molecule has 0 fully saturated rings. The van der Waals surface area contributed by atoms with Crippen LogP contribution in [-0.2, 0) is 19.4 Å². The fourth-order valence-corrected chi connectivity index (χ4v) is 3.49. The summed E-state index contributed by atoms with van der Waals surface area (Å²) < 4.78 is 10.9. The normalized spacial score (nSPS) is 14.2. The van der Waals surface area contributed by atoms with Crippen molar-refractivity contribution in [3.63, 3.8) is 0 Å². The van der Waals surface area contributed by atoms with Gasteiger partial charge in [-0.1, -0.05) is 24.3 Å². The molecule has 0 radical (unpaired) electrons. The minimum Gasteiger partial charge on any atom is -0.493 e. The predicted octanol–water partition coefficient (Wildman–Crippen LogP) is 3.28. The molecule has 4 heteroatoms. The second kappa shape index (κ2) is 7.58. The number of nitrogen functional groups attached to an aromatic ring is 1. The second-order valence-electron chi connectivity index (χ2n) is 6.31. The van der Waals surface area contributed by atoms with Gasteiger partial charge in [0.25, 0.3) is 0 Å². The first-order valence-corrected chi connectivity index (χ1v) is 8.50. The number of methoxy groups -OCH3 is 2. The van der Waals surface area contributed by atoms with Crippen molar-refractivity contribution >= 4 is 5.69 Å². The summed E-state index contributed by atoms with van der Waals surface area (Å²) in [5.41, 5.74) is 10.8. The molecule has 4 nitrogen and oxygen atoms in total. The number of nitrogens with zero attached hydrogens (tertiary/aromatic N) is 1. The first kappa shape index (κ1) is 16.7. The van der Waals surface area contributed by atoms with Gasteiger partial charge in [-0.2, -0.15) is 0 Å². The van der Waals surface area contributed by atoms with E-state index in [1.165, 1.54) is 11.1 Å². The molecule has 0 spiro atoms. The van der Waals surface area contributed by atoms with Crippen molar-refractivity contribution < 1.29 is 9.47 Å². The van der Waals surface area contributed by atoms with Gasteiger partial charge >= 0.3 is 0 Å². The minimum absolute atomic E-state index is 0.708. The number of rotatable bonds is 6. The third-order valence-corrected chi connectivity index (χ3v) is 4.71. The molecule has 0 atom stereocenters. The maximum atomic E-state index is 5.98. The van der Waals surface area contributed by atoms with E-state index in [0.29, 0.717) is 5.75 Å². The highest BCUT2D eigenvalue weighted by Crippen LogP contribution is 2.34. The van der Waals surface area contributed by atoms with E-state index in [1.807, 2.05) is 12.1 Å². The molecule has 0 saturated heterocycles. The molecule has 1 aliphatic heterocycles.